The van der Waals surface area contributed by atoms with E-state index in [2.05, 4.69) is 10.2 Å². The van der Waals surface area contributed by atoms with Crippen molar-refractivity contribution in [1.29, 1.82) is 0 Å². The number of carbonyl (C=O) groups is 1. The summed E-state index contributed by atoms with van der Waals surface area (Å²) in [6.45, 7) is 0. The average Bonchev–Trinajstić information content (AvgIpc) is 2.48. The minimum Gasteiger partial charge on any atom is -0.481 e. The van der Waals surface area contributed by atoms with Gasteiger partial charge in [0, 0.05) is 10.9 Å². The molecule has 0 aliphatic carbocycles. The normalized spacial score (nSPS) is 10.7. The van der Waals surface area contributed by atoms with Gasteiger partial charge in [-0.1, -0.05) is 42.5 Å². The molecule has 0 saturated carbocycles. The Bertz CT molecular complexity index is 867. The lowest BCUT2D eigenvalue weighted by Gasteiger charge is -2.05. The largest absolute Gasteiger partial charge is 0.481 e. The Morgan fingerprint density at radius 2 is 1.71 bits per heavy atom. The predicted molar refractivity (Wildman–Crippen MR) is 79.1 cm³/mol. The van der Waals surface area contributed by atoms with Gasteiger partial charge >= 0.3 is 5.97 Å². The Labute approximate surface area is 119 Å². The van der Waals surface area contributed by atoms with E-state index in [1.54, 1.807) is 24.3 Å². The molecule has 0 unspecified atom stereocenters. The van der Waals surface area contributed by atoms with Crippen LogP contribution in [0.15, 0.2) is 53.3 Å². The molecule has 2 aromatic carbocycles. The van der Waals surface area contributed by atoms with Crippen LogP contribution in [0.5, 0.6) is 0 Å². The third-order valence-corrected chi connectivity index (χ3v) is 3.28. The number of fused-ring (bicyclic) bond motifs is 1. The first-order valence-electron chi connectivity index (χ1n) is 6.43. The SMILES string of the molecule is O=C(O)Cc1ccc(-c2n[nH]c(=O)c3ccccc23)cc1. The smallest absolute Gasteiger partial charge is 0.307 e. The summed E-state index contributed by atoms with van der Waals surface area (Å²) < 4.78 is 0. The molecule has 3 rings (SSSR count). The summed E-state index contributed by atoms with van der Waals surface area (Å²) in [5, 5.41) is 16.7. The first kappa shape index (κ1) is 13.1. The second kappa shape index (κ2) is 5.20. The van der Waals surface area contributed by atoms with Gasteiger partial charge in [-0.3, -0.25) is 9.59 Å². The fourth-order valence-electron chi connectivity index (χ4n) is 2.29. The molecule has 1 heterocycles. The van der Waals surface area contributed by atoms with E-state index in [9.17, 15) is 9.59 Å². The van der Waals surface area contributed by atoms with E-state index in [0.717, 1.165) is 16.5 Å². The van der Waals surface area contributed by atoms with Crippen LogP contribution >= 0.6 is 0 Å². The van der Waals surface area contributed by atoms with Crippen LogP contribution in [0.25, 0.3) is 22.0 Å². The van der Waals surface area contributed by atoms with Crippen molar-refractivity contribution in [3.8, 4) is 11.3 Å². The lowest BCUT2D eigenvalue weighted by molar-refractivity contribution is -0.136. The molecule has 104 valence electrons. The van der Waals surface area contributed by atoms with Crippen LogP contribution in [0.1, 0.15) is 5.56 Å². The van der Waals surface area contributed by atoms with Gasteiger partial charge in [-0.15, -0.1) is 0 Å². The van der Waals surface area contributed by atoms with Crippen molar-refractivity contribution in [1.82, 2.24) is 10.2 Å². The number of aromatic nitrogens is 2. The Morgan fingerprint density at radius 1 is 1.05 bits per heavy atom. The fraction of sp³-hybridized carbons (Fsp3) is 0.0625. The van der Waals surface area contributed by atoms with E-state index in [4.69, 9.17) is 5.11 Å². The van der Waals surface area contributed by atoms with Crippen molar-refractivity contribution in [3.05, 3.63) is 64.4 Å². The highest BCUT2D eigenvalue weighted by molar-refractivity contribution is 5.93. The standard InChI is InChI=1S/C16H12N2O3/c19-14(20)9-10-5-7-11(8-6-10)15-12-3-1-2-4-13(12)16(21)18-17-15/h1-8H,9H2,(H,18,21)(H,19,20). The maximum Gasteiger partial charge on any atom is 0.307 e. The van der Waals surface area contributed by atoms with Crippen LogP contribution in [0.3, 0.4) is 0 Å². The van der Waals surface area contributed by atoms with E-state index in [-0.39, 0.29) is 12.0 Å². The van der Waals surface area contributed by atoms with E-state index < -0.39 is 5.97 Å². The molecule has 1 aromatic heterocycles. The second-order valence-electron chi connectivity index (χ2n) is 4.71. The second-order valence-corrected chi connectivity index (χ2v) is 4.71. The van der Waals surface area contributed by atoms with Gasteiger partial charge in [0.15, 0.2) is 0 Å². The Kier molecular flexibility index (Phi) is 3.23. The van der Waals surface area contributed by atoms with Crippen LogP contribution < -0.4 is 5.56 Å². The highest BCUT2D eigenvalue weighted by Gasteiger charge is 2.08. The molecule has 0 atom stereocenters. The maximum atomic E-state index is 11.8. The number of carboxylic acids is 1. The van der Waals surface area contributed by atoms with Gasteiger partial charge in [0.1, 0.15) is 0 Å². The van der Waals surface area contributed by atoms with Crippen LogP contribution in [-0.2, 0) is 11.2 Å². The summed E-state index contributed by atoms with van der Waals surface area (Å²) >= 11 is 0. The number of hydrogen-bond acceptors (Lipinski definition) is 3. The summed E-state index contributed by atoms with van der Waals surface area (Å²) in [4.78, 5) is 22.4. The van der Waals surface area contributed by atoms with Gasteiger partial charge in [-0.2, -0.15) is 5.10 Å². The van der Waals surface area contributed by atoms with Crippen molar-refractivity contribution in [2.24, 2.45) is 0 Å². The molecular formula is C16H12N2O3. The molecule has 0 amide bonds. The summed E-state index contributed by atoms with van der Waals surface area (Å²) in [6.07, 6.45) is -0.0138. The topological polar surface area (TPSA) is 83.0 Å². The Balaban J connectivity index is 2.10. The van der Waals surface area contributed by atoms with E-state index >= 15 is 0 Å². The number of benzene rings is 2. The maximum absolute atomic E-state index is 11.8. The monoisotopic (exact) mass is 280 g/mol. The van der Waals surface area contributed by atoms with Crippen LogP contribution in [0.4, 0.5) is 0 Å². The molecule has 3 aromatic rings. The average molecular weight is 280 g/mol. The first-order chi connectivity index (χ1) is 10.1. The molecule has 0 spiro atoms. The van der Waals surface area contributed by atoms with Crippen molar-refractivity contribution >= 4 is 16.7 Å². The fourth-order valence-corrected chi connectivity index (χ4v) is 2.29. The van der Waals surface area contributed by atoms with Crippen LogP contribution in [0.2, 0.25) is 0 Å². The lowest BCUT2D eigenvalue weighted by atomic mass is 10.0. The van der Waals surface area contributed by atoms with Crippen molar-refractivity contribution in [2.45, 2.75) is 6.42 Å². The molecule has 5 nitrogen and oxygen atoms in total. The molecule has 0 aliphatic rings. The quantitative estimate of drug-likeness (QED) is 0.770. The predicted octanol–water partition coefficient (Wildman–Crippen LogP) is 2.22. The zero-order valence-corrected chi connectivity index (χ0v) is 11.0. The van der Waals surface area contributed by atoms with E-state index in [1.807, 2.05) is 24.3 Å². The first-order valence-corrected chi connectivity index (χ1v) is 6.43. The number of aromatic amines is 1. The molecule has 0 fully saturated rings. The number of hydrogen-bond donors (Lipinski definition) is 2. The molecule has 0 bridgehead atoms. The zero-order chi connectivity index (χ0) is 14.8. The summed E-state index contributed by atoms with van der Waals surface area (Å²) in [5.74, 6) is -0.865. The van der Waals surface area contributed by atoms with Crippen LogP contribution in [-0.4, -0.2) is 21.3 Å². The summed E-state index contributed by atoms with van der Waals surface area (Å²) in [7, 11) is 0. The Hall–Kier alpha value is -2.95. The highest BCUT2D eigenvalue weighted by Crippen LogP contribution is 2.24. The molecule has 0 aliphatic heterocycles. The van der Waals surface area contributed by atoms with Gasteiger partial charge in [-0.05, 0) is 11.6 Å². The van der Waals surface area contributed by atoms with Gasteiger partial charge in [-0.25, -0.2) is 5.10 Å². The number of H-pyrrole nitrogens is 1. The molecule has 5 heteroatoms. The molecule has 0 saturated heterocycles. The van der Waals surface area contributed by atoms with Crippen molar-refractivity contribution < 1.29 is 9.90 Å². The van der Waals surface area contributed by atoms with Crippen molar-refractivity contribution in [2.75, 3.05) is 0 Å². The number of nitrogens with one attached hydrogen (secondary N) is 1. The number of aliphatic carboxylic acids is 1. The zero-order valence-electron chi connectivity index (χ0n) is 11.0. The molecular weight excluding hydrogens is 268 g/mol. The van der Waals surface area contributed by atoms with Gasteiger partial charge < -0.3 is 5.11 Å². The Morgan fingerprint density at radius 3 is 2.38 bits per heavy atom. The third-order valence-electron chi connectivity index (χ3n) is 3.28. The van der Waals surface area contributed by atoms with Crippen molar-refractivity contribution in [3.63, 3.8) is 0 Å². The number of carboxylic acid groups (broad SMARTS) is 1. The minimum atomic E-state index is -0.865. The van der Waals surface area contributed by atoms with Gasteiger partial charge in [0.2, 0.25) is 0 Å². The van der Waals surface area contributed by atoms with Gasteiger partial charge in [0.05, 0.1) is 17.5 Å². The third kappa shape index (κ3) is 2.53. The molecule has 2 N–H and O–H groups in total. The summed E-state index contributed by atoms with van der Waals surface area (Å²) in [5.41, 5.74) is 2.00. The number of rotatable bonds is 3. The van der Waals surface area contributed by atoms with Crippen LogP contribution in [0, 0.1) is 0 Å². The number of nitrogens with zero attached hydrogens (tertiary/aromatic N) is 1. The van der Waals surface area contributed by atoms with Gasteiger partial charge in [0.25, 0.3) is 5.56 Å². The molecule has 0 radical (unpaired) electrons. The van der Waals surface area contributed by atoms with E-state index in [1.165, 1.54) is 0 Å². The minimum absolute atomic E-state index is 0.0138. The highest BCUT2D eigenvalue weighted by atomic mass is 16.4. The van der Waals surface area contributed by atoms with E-state index in [0.29, 0.717) is 11.1 Å². The molecule has 21 heavy (non-hydrogen) atoms. The summed E-state index contributed by atoms with van der Waals surface area (Å²) in [6, 6.07) is 14.4. The lowest BCUT2D eigenvalue weighted by Crippen LogP contribution is -2.09.